The Morgan fingerprint density at radius 1 is 1.32 bits per heavy atom. The monoisotopic (exact) mass is 387 g/mol. The lowest BCUT2D eigenvalue weighted by molar-refractivity contribution is -0.134. The highest BCUT2D eigenvalue weighted by atomic mass is 16.5. The van der Waals surface area contributed by atoms with Crippen molar-refractivity contribution in [1.29, 1.82) is 5.26 Å². The van der Waals surface area contributed by atoms with E-state index in [0.717, 1.165) is 18.4 Å². The number of benzene rings is 1. The first-order valence-corrected chi connectivity index (χ1v) is 9.97. The zero-order valence-corrected chi connectivity index (χ0v) is 16.6. The van der Waals surface area contributed by atoms with Crippen molar-refractivity contribution in [3.05, 3.63) is 23.8 Å². The molecule has 2 aliphatic rings. The van der Waals surface area contributed by atoms with Gasteiger partial charge in [0.2, 0.25) is 0 Å². The Labute approximate surface area is 166 Å². The summed E-state index contributed by atoms with van der Waals surface area (Å²) in [5.74, 6) is 0.965. The maximum absolute atomic E-state index is 11.7. The molecule has 1 amide bonds. The summed E-state index contributed by atoms with van der Waals surface area (Å²) < 4.78 is 11.7. The molecule has 2 N–H and O–H groups in total. The lowest BCUT2D eigenvalue weighted by Gasteiger charge is -2.39. The Bertz CT molecular complexity index is 732. The maximum atomic E-state index is 11.7. The van der Waals surface area contributed by atoms with Crippen LogP contribution in [-0.2, 0) is 10.2 Å². The number of rotatable bonds is 6. The van der Waals surface area contributed by atoms with E-state index in [1.54, 1.807) is 19.5 Å². The van der Waals surface area contributed by atoms with E-state index in [4.69, 9.17) is 14.7 Å². The average molecular weight is 387 g/mol. The second-order valence-corrected chi connectivity index (χ2v) is 7.77. The van der Waals surface area contributed by atoms with Crippen molar-refractivity contribution in [3.8, 4) is 17.6 Å². The number of likely N-dealkylation sites (tertiary alicyclic amines) is 1. The zero-order valence-electron chi connectivity index (χ0n) is 16.6. The van der Waals surface area contributed by atoms with Crippen LogP contribution >= 0.6 is 0 Å². The van der Waals surface area contributed by atoms with Crippen molar-refractivity contribution in [1.82, 2.24) is 10.4 Å². The molecule has 2 fully saturated rings. The maximum Gasteiger partial charge on any atom is 0.260 e. The van der Waals surface area contributed by atoms with Gasteiger partial charge in [-0.15, -0.1) is 0 Å². The minimum Gasteiger partial charge on any atom is -0.493 e. The molecule has 1 aromatic carbocycles. The molecule has 1 aliphatic heterocycles. The van der Waals surface area contributed by atoms with Crippen molar-refractivity contribution in [2.45, 2.75) is 63.0 Å². The Hall–Kier alpha value is -2.30. The van der Waals surface area contributed by atoms with Crippen molar-refractivity contribution in [3.63, 3.8) is 0 Å². The number of piperidine rings is 1. The Morgan fingerprint density at radius 2 is 2.00 bits per heavy atom. The number of hydrogen-bond donors (Lipinski definition) is 2. The summed E-state index contributed by atoms with van der Waals surface area (Å²) in [6.07, 6.45) is 5.91. The summed E-state index contributed by atoms with van der Waals surface area (Å²) in [6, 6.07) is 7.88. The first-order chi connectivity index (χ1) is 13.5. The van der Waals surface area contributed by atoms with Crippen molar-refractivity contribution in [2.75, 3.05) is 20.2 Å². The first kappa shape index (κ1) is 20.4. The third-order valence-corrected chi connectivity index (χ3v) is 6.22. The van der Waals surface area contributed by atoms with E-state index in [9.17, 15) is 10.1 Å². The molecule has 0 radical (unpaired) electrons. The van der Waals surface area contributed by atoms with Gasteiger partial charge in [0.05, 0.1) is 30.7 Å². The highest BCUT2D eigenvalue weighted by Gasteiger charge is 2.39. The van der Waals surface area contributed by atoms with Crippen LogP contribution < -0.4 is 15.0 Å². The van der Waals surface area contributed by atoms with E-state index in [-0.39, 0.29) is 6.10 Å². The summed E-state index contributed by atoms with van der Waals surface area (Å²) >= 11 is 0. The van der Waals surface area contributed by atoms with Crippen LogP contribution in [0.2, 0.25) is 0 Å². The Kier molecular flexibility index (Phi) is 6.42. The van der Waals surface area contributed by atoms with Crippen molar-refractivity contribution < 1.29 is 19.5 Å². The summed E-state index contributed by atoms with van der Waals surface area (Å²) in [7, 11) is 1.63. The van der Waals surface area contributed by atoms with Crippen LogP contribution in [0, 0.1) is 11.3 Å². The standard InChI is InChI=1S/C21H29N3O4/c1-15(20(25)23-26)24-11-9-21(14-22,10-12-24)16-7-8-18(27-2)19(13-16)28-17-5-3-4-6-17/h7-8,13,15,17,26H,3-6,9-12H2,1-2H3,(H,23,25)/t15-/m1/s1. The molecule has 0 spiro atoms. The summed E-state index contributed by atoms with van der Waals surface area (Å²) in [5, 5.41) is 18.9. The van der Waals surface area contributed by atoms with Crippen molar-refractivity contribution in [2.24, 2.45) is 0 Å². The van der Waals surface area contributed by atoms with E-state index >= 15 is 0 Å². The highest BCUT2D eigenvalue weighted by Crippen LogP contribution is 2.40. The van der Waals surface area contributed by atoms with Gasteiger partial charge in [-0.2, -0.15) is 5.26 Å². The number of amides is 1. The molecule has 0 bridgehead atoms. The van der Waals surface area contributed by atoms with E-state index in [2.05, 4.69) is 6.07 Å². The van der Waals surface area contributed by atoms with Gasteiger partial charge in [-0.25, -0.2) is 5.48 Å². The van der Waals surface area contributed by atoms with E-state index in [0.29, 0.717) is 37.4 Å². The first-order valence-electron chi connectivity index (χ1n) is 9.97. The molecule has 1 heterocycles. The zero-order chi connectivity index (χ0) is 20.1. The number of nitrogens with zero attached hydrogens (tertiary/aromatic N) is 2. The molecule has 1 atom stereocenters. The minimum absolute atomic E-state index is 0.210. The van der Waals surface area contributed by atoms with Gasteiger partial charge in [-0.3, -0.25) is 14.9 Å². The quantitative estimate of drug-likeness (QED) is 0.576. The van der Waals surface area contributed by atoms with Crippen LogP contribution in [0.25, 0.3) is 0 Å². The van der Waals surface area contributed by atoms with Gasteiger partial charge in [0.25, 0.3) is 5.91 Å². The molecule has 1 saturated heterocycles. The number of ether oxygens (including phenoxy) is 2. The molecule has 0 unspecified atom stereocenters. The Morgan fingerprint density at radius 3 is 2.57 bits per heavy atom. The van der Waals surface area contributed by atoms with Crippen LogP contribution in [0.1, 0.15) is 51.0 Å². The molecule has 1 saturated carbocycles. The fourth-order valence-corrected chi connectivity index (χ4v) is 4.27. The fraction of sp³-hybridized carbons (Fsp3) is 0.619. The van der Waals surface area contributed by atoms with E-state index in [1.807, 2.05) is 23.1 Å². The van der Waals surface area contributed by atoms with E-state index < -0.39 is 17.4 Å². The number of nitrogens with one attached hydrogen (secondary N) is 1. The average Bonchev–Trinajstić information content (AvgIpc) is 3.25. The van der Waals surface area contributed by atoms with Gasteiger partial charge in [-0.1, -0.05) is 6.07 Å². The number of nitriles is 1. The van der Waals surface area contributed by atoms with Gasteiger partial charge >= 0.3 is 0 Å². The number of hydrogen-bond acceptors (Lipinski definition) is 6. The highest BCUT2D eigenvalue weighted by molar-refractivity contribution is 5.80. The van der Waals surface area contributed by atoms with Crippen LogP contribution in [0.5, 0.6) is 11.5 Å². The minimum atomic E-state index is -0.619. The number of carbonyl (C=O) groups excluding carboxylic acids is 1. The third-order valence-electron chi connectivity index (χ3n) is 6.22. The molecular weight excluding hydrogens is 358 g/mol. The smallest absolute Gasteiger partial charge is 0.260 e. The third kappa shape index (κ3) is 4.08. The second kappa shape index (κ2) is 8.80. The number of methoxy groups -OCH3 is 1. The predicted octanol–water partition coefficient (Wildman–Crippen LogP) is 2.77. The summed E-state index contributed by atoms with van der Waals surface area (Å²) in [5.41, 5.74) is 2.02. The molecule has 28 heavy (non-hydrogen) atoms. The van der Waals surface area contributed by atoms with Gasteiger partial charge < -0.3 is 9.47 Å². The molecule has 1 aliphatic carbocycles. The van der Waals surface area contributed by atoms with E-state index in [1.165, 1.54) is 12.8 Å². The lowest BCUT2D eigenvalue weighted by Crippen LogP contribution is -2.50. The Balaban J connectivity index is 1.79. The van der Waals surface area contributed by atoms with Crippen LogP contribution in [-0.4, -0.2) is 48.4 Å². The van der Waals surface area contributed by atoms with Crippen LogP contribution in [0.15, 0.2) is 18.2 Å². The SMILES string of the molecule is COc1ccc(C2(C#N)CCN([C@H](C)C(=O)NO)CC2)cc1OC1CCCC1. The van der Waals surface area contributed by atoms with Crippen LogP contribution in [0.3, 0.4) is 0 Å². The van der Waals surface area contributed by atoms with Gasteiger partial charge in [-0.05, 0) is 63.1 Å². The molecule has 152 valence electrons. The van der Waals surface area contributed by atoms with Crippen molar-refractivity contribution >= 4 is 5.91 Å². The molecule has 7 heteroatoms. The number of hydroxylamine groups is 1. The van der Waals surface area contributed by atoms with Gasteiger partial charge in [0, 0.05) is 13.1 Å². The van der Waals surface area contributed by atoms with Gasteiger partial charge in [0.15, 0.2) is 11.5 Å². The number of carbonyl (C=O) groups is 1. The fourth-order valence-electron chi connectivity index (χ4n) is 4.27. The summed E-state index contributed by atoms with van der Waals surface area (Å²) in [4.78, 5) is 13.7. The molecule has 3 rings (SSSR count). The predicted molar refractivity (Wildman–Crippen MR) is 103 cm³/mol. The van der Waals surface area contributed by atoms with Crippen LogP contribution in [0.4, 0.5) is 0 Å². The molecule has 7 nitrogen and oxygen atoms in total. The second-order valence-electron chi connectivity index (χ2n) is 7.77. The topological polar surface area (TPSA) is 94.8 Å². The lowest BCUT2D eigenvalue weighted by atomic mass is 9.73. The molecule has 1 aromatic rings. The summed E-state index contributed by atoms with van der Waals surface area (Å²) in [6.45, 7) is 2.96. The normalized spacial score (nSPS) is 20.9. The molecule has 0 aromatic heterocycles. The van der Waals surface area contributed by atoms with Gasteiger partial charge in [0.1, 0.15) is 0 Å². The molecular formula is C21H29N3O4. The largest absolute Gasteiger partial charge is 0.493 e.